The number of rotatable bonds is 9. The third-order valence-electron chi connectivity index (χ3n) is 6.35. The molecule has 8 heteroatoms. The van der Waals surface area contributed by atoms with Crippen LogP contribution in [0.3, 0.4) is 0 Å². The number of para-hydroxylation sites is 1. The van der Waals surface area contributed by atoms with Crippen LogP contribution in [0.25, 0.3) is 0 Å². The van der Waals surface area contributed by atoms with Crippen LogP contribution in [0, 0.1) is 5.92 Å². The number of aliphatic carboxylic acids is 1. The summed E-state index contributed by atoms with van der Waals surface area (Å²) < 4.78 is 21.9. The maximum Gasteiger partial charge on any atom is 0.308 e. The van der Waals surface area contributed by atoms with E-state index in [9.17, 15) is 14.7 Å². The molecule has 1 saturated heterocycles. The Labute approximate surface area is 186 Å². The van der Waals surface area contributed by atoms with Crippen molar-refractivity contribution in [1.29, 1.82) is 0 Å². The van der Waals surface area contributed by atoms with E-state index in [2.05, 4.69) is 0 Å². The molecule has 2 aromatic rings. The van der Waals surface area contributed by atoms with Gasteiger partial charge < -0.3 is 28.8 Å². The lowest BCUT2D eigenvalue weighted by Gasteiger charge is -2.25. The van der Waals surface area contributed by atoms with Crippen LogP contribution in [0.4, 0.5) is 0 Å². The van der Waals surface area contributed by atoms with Crippen LogP contribution in [0.15, 0.2) is 36.4 Å². The summed E-state index contributed by atoms with van der Waals surface area (Å²) in [7, 11) is 3.16. The number of carbonyl (C=O) groups is 2. The molecule has 0 saturated carbocycles. The van der Waals surface area contributed by atoms with Gasteiger partial charge in [-0.3, -0.25) is 9.69 Å². The fourth-order valence-corrected chi connectivity index (χ4v) is 4.89. The summed E-state index contributed by atoms with van der Waals surface area (Å²) in [5, 5.41) is 10.2. The summed E-state index contributed by atoms with van der Waals surface area (Å²) in [4.78, 5) is 25.8. The van der Waals surface area contributed by atoms with Crippen molar-refractivity contribution in [2.24, 2.45) is 5.92 Å². The minimum absolute atomic E-state index is 0.0982. The fraction of sp³-hybridized carbons (Fsp3) is 0.417. The Bertz CT molecular complexity index is 992. The number of carboxylic acid groups (broad SMARTS) is 1. The summed E-state index contributed by atoms with van der Waals surface area (Å²) in [6.07, 6.45) is 2.06. The average molecular weight is 441 g/mol. The molecule has 8 nitrogen and oxygen atoms in total. The number of aryl methyl sites for hydroxylation is 1. The largest absolute Gasteiger partial charge is 0.496 e. The van der Waals surface area contributed by atoms with E-state index in [-0.39, 0.29) is 25.3 Å². The van der Waals surface area contributed by atoms with Crippen molar-refractivity contribution in [1.82, 2.24) is 4.90 Å². The van der Waals surface area contributed by atoms with Crippen LogP contribution in [0.2, 0.25) is 0 Å². The molecule has 2 aliphatic rings. The predicted octanol–water partition coefficient (Wildman–Crippen LogP) is 2.73. The highest BCUT2D eigenvalue weighted by Crippen LogP contribution is 2.47. The van der Waals surface area contributed by atoms with Crippen molar-refractivity contribution in [3.8, 4) is 23.0 Å². The van der Waals surface area contributed by atoms with Crippen molar-refractivity contribution in [2.75, 3.05) is 34.1 Å². The molecule has 2 heterocycles. The number of nitrogens with zero attached hydrogens (tertiary/aromatic N) is 1. The lowest BCUT2D eigenvalue weighted by molar-refractivity contribution is -0.143. The van der Waals surface area contributed by atoms with Crippen LogP contribution in [-0.2, 0) is 16.0 Å². The maximum atomic E-state index is 12.4. The van der Waals surface area contributed by atoms with Gasteiger partial charge in [0, 0.05) is 18.5 Å². The summed E-state index contributed by atoms with van der Waals surface area (Å²) >= 11 is 0. The molecule has 4 rings (SSSR count). The van der Waals surface area contributed by atoms with Gasteiger partial charge in [0.1, 0.15) is 12.0 Å². The van der Waals surface area contributed by atoms with Crippen molar-refractivity contribution in [3.05, 3.63) is 47.5 Å². The van der Waals surface area contributed by atoms with Crippen molar-refractivity contribution >= 4 is 12.3 Å². The highest BCUT2D eigenvalue weighted by atomic mass is 16.7. The second-order valence-electron chi connectivity index (χ2n) is 7.97. The van der Waals surface area contributed by atoms with Gasteiger partial charge in [-0.25, -0.2) is 0 Å². The topological polar surface area (TPSA) is 94.5 Å². The van der Waals surface area contributed by atoms with Gasteiger partial charge >= 0.3 is 5.97 Å². The maximum absolute atomic E-state index is 12.4. The monoisotopic (exact) mass is 441 g/mol. The zero-order chi connectivity index (χ0) is 22.7. The molecule has 2 aliphatic heterocycles. The Kier molecular flexibility index (Phi) is 6.50. The van der Waals surface area contributed by atoms with E-state index in [4.69, 9.17) is 18.9 Å². The Hall–Kier alpha value is -3.26. The van der Waals surface area contributed by atoms with E-state index in [0.29, 0.717) is 36.6 Å². The van der Waals surface area contributed by atoms with Gasteiger partial charge in [-0.1, -0.05) is 18.2 Å². The number of benzene rings is 2. The van der Waals surface area contributed by atoms with Gasteiger partial charge in [0.25, 0.3) is 0 Å². The summed E-state index contributed by atoms with van der Waals surface area (Å²) in [6.45, 7) is 0.731. The second kappa shape index (κ2) is 9.48. The van der Waals surface area contributed by atoms with Gasteiger partial charge in [-0.15, -0.1) is 0 Å². The van der Waals surface area contributed by atoms with Crippen LogP contribution in [-0.4, -0.2) is 62.4 Å². The quantitative estimate of drug-likeness (QED) is 0.594. The molecule has 2 unspecified atom stereocenters. The lowest BCUT2D eigenvalue weighted by Crippen LogP contribution is -2.37. The summed E-state index contributed by atoms with van der Waals surface area (Å²) in [6, 6.07) is 11.1. The Morgan fingerprint density at radius 1 is 1.19 bits per heavy atom. The van der Waals surface area contributed by atoms with E-state index in [1.54, 1.807) is 14.2 Å². The standard InChI is InChI=1S/C24H27NO7/c1-29-19-6-4-3-5-15(19)7-8-18-22(24(27)28)17(13-25(18)9-10-26)16-11-20(30-2)23-21(12-16)31-14-32-23/h3-6,10-12,17-18,22H,7-9,13-14H2,1-2H3,(H,27,28)/t17?,18?,22-/m1/s1. The number of methoxy groups -OCH3 is 2. The molecule has 2 aromatic carbocycles. The first-order chi connectivity index (χ1) is 15.6. The molecule has 0 aromatic heterocycles. The van der Waals surface area contributed by atoms with E-state index >= 15 is 0 Å². The van der Waals surface area contributed by atoms with Gasteiger partial charge in [0.15, 0.2) is 11.5 Å². The first-order valence-corrected chi connectivity index (χ1v) is 10.6. The van der Waals surface area contributed by atoms with Gasteiger partial charge in [-0.2, -0.15) is 0 Å². The normalized spacial score (nSPS) is 22.0. The van der Waals surface area contributed by atoms with Gasteiger partial charge in [-0.05, 0) is 42.2 Å². The molecule has 0 amide bonds. The molecule has 0 spiro atoms. The summed E-state index contributed by atoms with van der Waals surface area (Å²) in [5.74, 6) is 0.467. The molecular formula is C24H27NO7. The molecule has 32 heavy (non-hydrogen) atoms. The smallest absolute Gasteiger partial charge is 0.308 e. The highest BCUT2D eigenvalue weighted by molar-refractivity contribution is 5.74. The number of hydrogen-bond acceptors (Lipinski definition) is 7. The number of fused-ring (bicyclic) bond motifs is 1. The molecule has 170 valence electrons. The number of ether oxygens (including phenoxy) is 4. The SMILES string of the molecule is COc1ccccc1CCC1[C@H](C(=O)O)C(c2cc(OC)c3c(c2)OCO3)CN1CC=O. The molecule has 0 radical (unpaired) electrons. The highest BCUT2D eigenvalue weighted by Gasteiger charge is 2.46. The number of carboxylic acids is 1. The fourth-order valence-electron chi connectivity index (χ4n) is 4.89. The van der Waals surface area contributed by atoms with Crippen molar-refractivity contribution in [2.45, 2.75) is 24.8 Å². The zero-order valence-corrected chi connectivity index (χ0v) is 18.2. The Morgan fingerprint density at radius 3 is 2.69 bits per heavy atom. The Morgan fingerprint density at radius 2 is 1.97 bits per heavy atom. The number of likely N-dealkylation sites (tertiary alicyclic amines) is 1. The average Bonchev–Trinajstić information content (AvgIpc) is 3.42. The molecule has 1 N–H and O–H groups in total. The van der Waals surface area contributed by atoms with Gasteiger partial charge in [0.05, 0.1) is 26.7 Å². The minimum atomic E-state index is -0.884. The van der Waals surface area contributed by atoms with Crippen LogP contribution in [0.1, 0.15) is 23.5 Å². The van der Waals surface area contributed by atoms with Crippen LogP contribution < -0.4 is 18.9 Å². The van der Waals surface area contributed by atoms with Crippen LogP contribution >= 0.6 is 0 Å². The second-order valence-corrected chi connectivity index (χ2v) is 7.97. The molecule has 3 atom stereocenters. The molecular weight excluding hydrogens is 414 g/mol. The Balaban J connectivity index is 1.65. The third-order valence-corrected chi connectivity index (χ3v) is 6.35. The first kappa shape index (κ1) is 22.0. The van der Waals surface area contributed by atoms with Crippen LogP contribution in [0.5, 0.6) is 23.0 Å². The van der Waals surface area contributed by atoms with Crippen molar-refractivity contribution in [3.63, 3.8) is 0 Å². The zero-order valence-electron chi connectivity index (χ0n) is 18.2. The number of carbonyl (C=O) groups excluding carboxylic acids is 1. The minimum Gasteiger partial charge on any atom is -0.496 e. The van der Waals surface area contributed by atoms with E-state index in [1.165, 1.54) is 0 Å². The van der Waals surface area contributed by atoms with Gasteiger partial charge in [0.2, 0.25) is 12.5 Å². The van der Waals surface area contributed by atoms with Crippen molar-refractivity contribution < 1.29 is 33.6 Å². The van der Waals surface area contributed by atoms with E-state index in [1.807, 2.05) is 41.3 Å². The molecule has 0 bridgehead atoms. The first-order valence-electron chi connectivity index (χ1n) is 10.6. The number of hydrogen-bond donors (Lipinski definition) is 1. The lowest BCUT2D eigenvalue weighted by atomic mass is 9.83. The third kappa shape index (κ3) is 4.10. The molecule has 1 fully saturated rings. The number of aldehydes is 1. The molecule has 0 aliphatic carbocycles. The van der Waals surface area contributed by atoms with E-state index < -0.39 is 11.9 Å². The predicted molar refractivity (Wildman–Crippen MR) is 116 cm³/mol. The van der Waals surface area contributed by atoms with E-state index in [0.717, 1.165) is 23.2 Å². The summed E-state index contributed by atoms with van der Waals surface area (Å²) in [5.41, 5.74) is 1.81.